The standard InChI is InChI=1S/C55H33N/c1-3-16-39-37(14-1)38-15-2-4-17-40(38)46-33-51-47(32-45(39)46)41-18-5-9-23-48(41)55(51)49-24-10-6-21-44(49)54-36(22-13-25-50(54)55)34-28-30-35(31-29-34)56-52-26-11-7-19-42(52)43-20-8-12-27-53(43)56/h1-33H. The Morgan fingerprint density at radius 2 is 0.750 bits per heavy atom. The molecule has 258 valence electrons. The van der Waals surface area contributed by atoms with Gasteiger partial charge in [0.05, 0.1) is 16.4 Å². The van der Waals surface area contributed by atoms with E-state index >= 15 is 0 Å². The number of nitrogens with zero attached hydrogens (tertiary/aromatic N) is 1. The van der Waals surface area contributed by atoms with E-state index in [4.69, 9.17) is 0 Å². The lowest BCUT2D eigenvalue weighted by atomic mass is 9.70. The third kappa shape index (κ3) is 3.70. The van der Waals surface area contributed by atoms with Gasteiger partial charge in [0.15, 0.2) is 0 Å². The molecule has 2 aliphatic carbocycles. The summed E-state index contributed by atoms with van der Waals surface area (Å²) < 4.78 is 2.40. The number of para-hydroxylation sites is 2. The van der Waals surface area contributed by atoms with E-state index in [2.05, 4.69) is 205 Å². The first-order valence-corrected chi connectivity index (χ1v) is 19.6. The maximum atomic E-state index is 2.55. The predicted molar refractivity (Wildman–Crippen MR) is 235 cm³/mol. The average Bonchev–Trinajstić information content (AvgIpc) is 3.88. The largest absolute Gasteiger partial charge is 0.309 e. The van der Waals surface area contributed by atoms with Crippen LogP contribution in [0.2, 0.25) is 0 Å². The van der Waals surface area contributed by atoms with Gasteiger partial charge >= 0.3 is 0 Å². The van der Waals surface area contributed by atoms with Crippen molar-refractivity contribution in [3.63, 3.8) is 0 Å². The Morgan fingerprint density at radius 3 is 1.39 bits per heavy atom. The smallest absolute Gasteiger partial charge is 0.0725 e. The van der Waals surface area contributed by atoms with Crippen LogP contribution in [-0.4, -0.2) is 4.57 Å². The van der Waals surface area contributed by atoms with Gasteiger partial charge in [0, 0.05) is 16.5 Å². The number of hydrogen-bond donors (Lipinski definition) is 0. The second kappa shape index (κ2) is 10.9. The molecule has 1 heterocycles. The van der Waals surface area contributed by atoms with Crippen molar-refractivity contribution in [2.45, 2.75) is 5.41 Å². The molecule has 0 radical (unpaired) electrons. The number of rotatable bonds is 2. The van der Waals surface area contributed by atoms with Crippen molar-refractivity contribution >= 4 is 54.1 Å². The highest BCUT2D eigenvalue weighted by Crippen LogP contribution is 2.64. The van der Waals surface area contributed by atoms with Gasteiger partial charge in [-0.25, -0.2) is 0 Å². The summed E-state index contributed by atoms with van der Waals surface area (Å²) in [5.41, 5.74) is 16.4. The summed E-state index contributed by atoms with van der Waals surface area (Å²) in [5, 5.41) is 10.4. The molecule has 1 heteroatoms. The average molecular weight is 708 g/mol. The molecule has 0 amide bonds. The van der Waals surface area contributed by atoms with Crippen molar-refractivity contribution < 1.29 is 0 Å². The molecule has 1 aromatic heterocycles. The summed E-state index contributed by atoms with van der Waals surface area (Å²) in [4.78, 5) is 0. The summed E-state index contributed by atoms with van der Waals surface area (Å²) >= 11 is 0. The first-order chi connectivity index (χ1) is 27.8. The highest BCUT2D eigenvalue weighted by Gasteiger charge is 2.52. The van der Waals surface area contributed by atoms with Crippen LogP contribution in [0.15, 0.2) is 200 Å². The summed E-state index contributed by atoms with van der Waals surface area (Å²) in [6, 6.07) is 75.0. The van der Waals surface area contributed by atoms with E-state index in [1.165, 1.54) is 115 Å². The monoisotopic (exact) mass is 707 g/mol. The summed E-state index contributed by atoms with van der Waals surface area (Å²) in [6.07, 6.45) is 0. The lowest BCUT2D eigenvalue weighted by Gasteiger charge is -2.31. The predicted octanol–water partition coefficient (Wildman–Crippen LogP) is 14.3. The molecule has 0 aliphatic heterocycles. The maximum Gasteiger partial charge on any atom is 0.0725 e. The molecule has 1 nitrogen and oxygen atoms in total. The molecule has 0 fully saturated rings. The molecule has 1 unspecified atom stereocenters. The zero-order valence-electron chi connectivity index (χ0n) is 30.5. The van der Waals surface area contributed by atoms with Crippen LogP contribution < -0.4 is 0 Å². The van der Waals surface area contributed by atoms with Crippen LogP contribution in [-0.2, 0) is 5.41 Å². The third-order valence-corrected chi connectivity index (χ3v) is 13.0. The summed E-state index contributed by atoms with van der Waals surface area (Å²) in [7, 11) is 0. The molecule has 0 bridgehead atoms. The van der Waals surface area contributed by atoms with Crippen LogP contribution in [0.4, 0.5) is 0 Å². The van der Waals surface area contributed by atoms with Crippen molar-refractivity contribution in [1.82, 2.24) is 4.57 Å². The minimum absolute atomic E-state index is 0.447. The van der Waals surface area contributed by atoms with Crippen molar-refractivity contribution in [2.75, 3.05) is 0 Å². The second-order valence-electron chi connectivity index (χ2n) is 15.5. The third-order valence-electron chi connectivity index (χ3n) is 13.0. The number of fused-ring (bicyclic) bond motifs is 19. The van der Waals surface area contributed by atoms with E-state index in [9.17, 15) is 0 Å². The Labute approximate surface area is 324 Å². The first-order valence-electron chi connectivity index (χ1n) is 19.6. The molecule has 11 aromatic rings. The minimum Gasteiger partial charge on any atom is -0.309 e. The zero-order valence-corrected chi connectivity index (χ0v) is 30.5. The van der Waals surface area contributed by atoms with E-state index in [1.54, 1.807) is 0 Å². The van der Waals surface area contributed by atoms with Gasteiger partial charge in [-0.05, 0) is 124 Å². The Morgan fingerprint density at radius 1 is 0.286 bits per heavy atom. The van der Waals surface area contributed by atoms with E-state index in [0.717, 1.165) is 0 Å². The van der Waals surface area contributed by atoms with E-state index < -0.39 is 5.41 Å². The quantitative estimate of drug-likeness (QED) is 0.158. The van der Waals surface area contributed by atoms with Gasteiger partial charge in [-0.15, -0.1) is 0 Å². The Balaban J connectivity index is 1.07. The Kier molecular flexibility index (Phi) is 5.89. The van der Waals surface area contributed by atoms with Gasteiger partial charge in [-0.1, -0.05) is 164 Å². The molecule has 0 saturated carbocycles. The molecule has 0 saturated heterocycles. The van der Waals surface area contributed by atoms with Crippen LogP contribution in [0.5, 0.6) is 0 Å². The minimum atomic E-state index is -0.447. The highest BCUT2D eigenvalue weighted by molar-refractivity contribution is 6.26. The van der Waals surface area contributed by atoms with Crippen molar-refractivity contribution in [2.24, 2.45) is 0 Å². The highest BCUT2D eigenvalue weighted by atomic mass is 15.0. The molecular formula is C55H33N. The Hall–Kier alpha value is -7.22. The van der Waals surface area contributed by atoms with Crippen molar-refractivity contribution in [3.8, 4) is 39.1 Å². The molecular weight excluding hydrogens is 675 g/mol. The van der Waals surface area contributed by atoms with E-state index in [0.29, 0.717) is 0 Å². The first kappa shape index (κ1) is 30.1. The molecule has 0 N–H and O–H groups in total. The van der Waals surface area contributed by atoms with Crippen molar-refractivity contribution in [1.29, 1.82) is 0 Å². The molecule has 2 aliphatic rings. The van der Waals surface area contributed by atoms with Crippen LogP contribution in [0.25, 0.3) is 93.2 Å². The fraction of sp³-hybridized carbons (Fsp3) is 0.0182. The SMILES string of the molecule is c1ccc2c(c1)-c1cc3c4ccccc4c4ccccc4c3cc1C21c2ccccc2-c2c(-c3ccc(-n4c5ccccc5c5ccccc54)cc3)cccc21. The van der Waals surface area contributed by atoms with Crippen LogP contribution in [0, 0.1) is 0 Å². The van der Waals surface area contributed by atoms with Crippen molar-refractivity contribution in [3.05, 3.63) is 222 Å². The maximum absolute atomic E-state index is 2.55. The van der Waals surface area contributed by atoms with Gasteiger partial charge < -0.3 is 4.57 Å². The van der Waals surface area contributed by atoms with E-state index in [1.807, 2.05) is 0 Å². The topological polar surface area (TPSA) is 4.93 Å². The molecule has 1 spiro atoms. The lowest BCUT2D eigenvalue weighted by molar-refractivity contribution is 0.795. The molecule has 1 atom stereocenters. The normalized spacial score (nSPS) is 15.2. The lowest BCUT2D eigenvalue weighted by Crippen LogP contribution is -2.25. The number of aromatic nitrogens is 1. The second-order valence-corrected chi connectivity index (χ2v) is 15.5. The van der Waals surface area contributed by atoms with Gasteiger partial charge in [-0.3, -0.25) is 0 Å². The fourth-order valence-corrected chi connectivity index (χ4v) is 10.8. The van der Waals surface area contributed by atoms with E-state index in [-0.39, 0.29) is 0 Å². The zero-order chi connectivity index (χ0) is 36.5. The fourth-order valence-electron chi connectivity index (χ4n) is 10.8. The van der Waals surface area contributed by atoms with Gasteiger partial charge in [0.1, 0.15) is 0 Å². The van der Waals surface area contributed by atoms with Gasteiger partial charge in [0.2, 0.25) is 0 Å². The summed E-state index contributed by atoms with van der Waals surface area (Å²) in [5.74, 6) is 0. The number of hydrogen-bond acceptors (Lipinski definition) is 0. The molecule has 10 aromatic carbocycles. The van der Waals surface area contributed by atoms with Gasteiger partial charge in [0.25, 0.3) is 0 Å². The number of benzene rings is 10. The molecule has 13 rings (SSSR count). The van der Waals surface area contributed by atoms with Gasteiger partial charge in [-0.2, -0.15) is 0 Å². The van der Waals surface area contributed by atoms with Crippen LogP contribution in [0.1, 0.15) is 22.3 Å². The Bertz CT molecular complexity index is 3420. The molecule has 56 heavy (non-hydrogen) atoms. The van der Waals surface area contributed by atoms with Crippen LogP contribution >= 0.6 is 0 Å². The summed E-state index contributed by atoms with van der Waals surface area (Å²) in [6.45, 7) is 0. The van der Waals surface area contributed by atoms with Crippen LogP contribution in [0.3, 0.4) is 0 Å².